The zero-order valence-electron chi connectivity index (χ0n) is 10.3. The molecule has 0 aliphatic rings. The molecule has 0 amide bonds. The molecule has 3 aromatic rings. The van der Waals surface area contributed by atoms with E-state index < -0.39 is 0 Å². The maximum Gasteiger partial charge on any atom is 0.117 e. The Hall–Kier alpha value is -2.47. The molecule has 2 heterocycles. The van der Waals surface area contributed by atoms with E-state index in [0.717, 1.165) is 29.2 Å². The SMILES string of the molecule is c1ccc(-c2n[nH]nc2CNCc2ccn[nH]2)cc1. The molecule has 0 saturated heterocycles. The minimum atomic E-state index is 0.653. The van der Waals surface area contributed by atoms with Crippen LogP contribution in [0.3, 0.4) is 0 Å². The van der Waals surface area contributed by atoms with Crippen LogP contribution in [0.1, 0.15) is 11.4 Å². The van der Waals surface area contributed by atoms with Crippen molar-refractivity contribution in [1.82, 2.24) is 30.9 Å². The molecular weight excluding hydrogens is 240 g/mol. The molecule has 6 nitrogen and oxygen atoms in total. The van der Waals surface area contributed by atoms with Crippen LogP contribution in [0.4, 0.5) is 0 Å². The third-order valence-electron chi connectivity index (χ3n) is 2.83. The average molecular weight is 254 g/mol. The van der Waals surface area contributed by atoms with E-state index >= 15 is 0 Å². The lowest BCUT2D eigenvalue weighted by Crippen LogP contribution is -2.14. The van der Waals surface area contributed by atoms with Crippen LogP contribution in [-0.4, -0.2) is 25.6 Å². The molecule has 0 fully saturated rings. The van der Waals surface area contributed by atoms with E-state index in [9.17, 15) is 0 Å². The normalized spacial score (nSPS) is 10.7. The molecule has 1 aromatic carbocycles. The van der Waals surface area contributed by atoms with E-state index in [1.165, 1.54) is 0 Å². The molecule has 0 saturated carbocycles. The number of hydrogen-bond acceptors (Lipinski definition) is 4. The number of aromatic nitrogens is 5. The number of nitrogens with one attached hydrogen (secondary N) is 3. The fraction of sp³-hybridized carbons (Fsp3) is 0.154. The van der Waals surface area contributed by atoms with Gasteiger partial charge in [0.15, 0.2) is 0 Å². The topological polar surface area (TPSA) is 82.3 Å². The zero-order chi connectivity index (χ0) is 12.9. The van der Waals surface area contributed by atoms with E-state index in [0.29, 0.717) is 6.54 Å². The largest absolute Gasteiger partial charge is 0.305 e. The summed E-state index contributed by atoms with van der Waals surface area (Å²) in [5.41, 5.74) is 3.91. The Morgan fingerprint density at radius 3 is 2.68 bits per heavy atom. The van der Waals surface area contributed by atoms with Gasteiger partial charge in [0, 0.05) is 30.5 Å². The predicted octanol–water partition coefficient (Wildman–Crippen LogP) is 1.48. The van der Waals surface area contributed by atoms with Crippen molar-refractivity contribution in [3.8, 4) is 11.3 Å². The monoisotopic (exact) mass is 254 g/mol. The molecule has 0 unspecified atom stereocenters. The molecule has 3 rings (SSSR count). The quantitative estimate of drug-likeness (QED) is 0.644. The molecule has 2 aromatic heterocycles. The maximum atomic E-state index is 4.21. The van der Waals surface area contributed by atoms with Crippen molar-refractivity contribution in [2.75, 3.05) is 0 Å². The van der Waals surface area contributed by atoms with E-state index in [1.54, 1.807) is 6.20 Å². The highest BCUT2D eigenvalue weighted by molar-refractivity contribution is 5.60. The first-order valence-electron chi connectivity index (χ1n) is 6.07. The summed E-state index contributed by atoms with van der Waals surface area (Å²) in [4.78, 5) is 0. The molecule has 0 aliphatic carbocycles. The minimum absolute atomic E-state index is 0.653. The van der Waals surface area contributed by atoms with Crippen LogP contribution in [-0.2, 0) is 13.1 Å². The van der Waals surface area contributed by atoms with Crippen LogP contribution in [0.2, 0.25) is 0 Å². The highest BCUT2D eigenvalue weighted by Crippen LogP contribution is 2.18. The van der Waals surface area contributed by atoms with Gasteiger partial charge in [-0.3, -0.25) is 5.10 Å². The van der Waals surface area contributed by atoms with Gasteiger partial charge < -0.3 is 5.32 Å². The Morgan fingerprint density at radius 2 is 1.89 bits per heavy atom. The second-order valence-corrected chi connectivity index (χ2v) is 4.17. The Bertz CT molecular complexity index is 614. The van der Waals surface area contributed by atoms with Gasteiger partial charge in [-0.2, -0.15) is 20.5 Å². The number of hydrogen-bond donors (Lipinski definition) is 3. The van der Waals surface area contributed by atoms with Crippen LogP contribution in [0, 0.1) is 0 Å². The third kappa shape index (κ3) is 2.69. The standard InChI is InChI=1S/C13H14N6/c1-2-4-10(5-3-1)13-12(17-19-18-13)9-14-8-11-6-7-15-16-11/h1-7,14H,8-9H2,(H,15,16)(H,17,18,19). The van der Waals surface area contributed by atoms with Crippen LogP contribution < -0.4 is 5.32 Å². The first kappa shape index (κ1) is 11.6. The highest BCUT2D eigenvalue weighted by atomic mass is 15.3. The summed E-state index contributed by atoms with van der Waals surface area (Å²) in [6.45, 7) is 1.38. The van der Waals surface area contributed by atoms with E-state index in [2.05, 4.69) is 30.9 Å². The van der Waals surface area contributed by atoms with Crippen molar-refractivity contribution in [2.24, 2.45) is 0 Å². The molecule has 19 heavy (non-hydrogen) atoms. The molecular formula is C13H14N6. The van der Waals surface area contributed by atoms with Gasteiger partial charge in [0.25, 0.3) is 0 Å². The van der Waals surface area contributed by atoms with Crippen LogP contribution in [0.25, 0.3) is 11.3 Å². The summed E-state index contributed by atoms with van der Waals surface area (Å²) < 4.78 is 0. The van der Waals surface area contributed by atoms with Crippen molar-refractivity contribution in [3.05, 3.63) is 54.0 Å². The Morgan fingerprint density at radius 1 is 1.00 bits per heavy atom. The molecule has 96 valence electrons. The second-order valence-electron chi connectivity index (χ2n) is 4.17. The lowest BCUT2D eigenvalue weighted by molar-refractivity contribution is 0.664. The average Bonchev–Trinajstić information content (AvgIpc) is 3.11. The van der Waals surface area contributed by atoms with Crippen molar-refractivity contribution < 1.29 is 0 Å². The van der Waals surface area contributed by atoms with E-state index in [4.69, 9.17) is 0 Å². The van der Waals surface area contributed by atoms with Crippen molar-refractivity contribution in [3.63, 3.8) is 0 Å². The van der Waals surface area contributed by atoms with Gasteiger partial charge in [-0.25, -0.2) is 0 Å². The highest BCUT2D eigenvalue weighted by Gasteiger charge is 2.09. The summed E-state index contributed by atoms with van der Waals surface area (Å²) in [7, 11) is 0. The van der Waals surface area contributed by atoms with Gasteiger partial charge in [-0.15, -0.1) is 0 Å². The molecule has 0 aliphatic heterocycles. The summed E-state index contributed by atoms with van der Waals surface area (Å²) in [5, 5.41) is 21.2. The summed E-state index contributed by atoms with van der Waals surface area (Å²) in [6.07, 6.45) is 1.74. The Kier molecular flexibility index (Phi) is 3.33. The van der Waals surface area contributed by atoms with Gasteiger partial charge in [0.05, 0.1) is 0 Å². The van der Waals surface area contributed by atoms with Gasteiger partial charge in [0.1, 0.15) is 11.4 Å². The summed E-state index contributed by atoms with van der Waals surface area (Å²) >= 11 is 0. The number of rotatable bonds is 5. The molecule has 6 heteroatoms. The number of H-pyrrole nitrogens is 2. The summed E-state index contributed by atoms with van der Waals surface area (Å²) in [6, 6.07) is 12.0. The predicted molar refractivity (Wildman–Crippen MR) is 71.0 cm³/mol. The molecule has 0 atom stereocenters. The van der Waals surface area contributed by atoms with Gasteiger partial charge in [-0.1, -0.05) is 30.3 Å². The van der Waals surface area contributed by atoms with Crippen molar-refractivity contribution >= 4 is 0 Å². The molecule has 3 N–H and O–H groups in total. The minimum Gasteiger partial charge on any atom is -0.305 e. The number of benzene rings is 1. The first-order valence-corrected chi connectivity index (χ1v) is 6.07. The fourth-order valence-electron chi connectivity index (χ4n) is 1.90. The van der Waals surface area contributed by atoms with Crippen LogP contribution in [0.5, 0.6) is 0 Å². The van der Waals surface area contributed by atoms with E-state index in [1.807, 2.05) is 36.4 Å². The maximum absolute atomic E-state index is 4.21. The molecule has 0 bridgehead atoms. The lowest BCUT2D eigenvalue weighted by atomic mass is 10.1. The van der Waals surface area contributed by atoms with Crippen molar-refractivity contribution in [1.29, 1.82) is 0 Å². The smallest absolute Gasteiger partial charge is 0.117 e. The summed E-state index contributed by atoms with van der Waals surface area (Å²) in [5.74, 6) is 0. The number of aromatic amines is 2. The van der Waals surface area contributed by atoms with Crippen molar-refractivity contribution in [2.45, 2.75) is 13.1 Å². The first-order chi connectivity index (χ1) is 9.43. The third-order valence-corrected chi connectivity index (χ3v) is 2.83. The van der Waals surface area contributed by atoms with Gasteiger partial charge in [0.2, 0.25) is 0 Å². The van der Waals surface area contributed by atoms with E-state index in [-0.39, 0.29) is 0 Å². The Labute approximate surface area is 110 Å². The fourth-order valence-corrected chi connectivity index (χ4v) is 1.90. The van der Waals surface area contributed by atoms with Gasteiger partial charge >= 0.3 is 0 Å². The molecule has 0 radical (unpaired) electrons. The second kappa shape index (κ2) is 5.45. The lowest BCUT2D eigenvalue weighted by Gasteiger charge is -2.02. The van der Waals surface area contributed by atoms with Crippen LogP contribution >= 0.6 is 0 Å². The number of nitrogens with zero attached hydrogens (tertiary/aromatic N) is 3. The van der Waals surface area contributed by atoms with Crippen LogP contribution in [0.15, 0.2) is 42.6 Å². The molecule has 0 spiro atoms. The zero-order valence-corrected chi connectivity index (χ0v) is 10.3. The van der Waals surface area contributed by atoms with Gasteiger partial charge in [-0.05, 0) is 6.07 Å². The Balaban J connectivity index is 1.67.